The van der Waals surface area contributed by atoms with Gasteiger partial charge in [-0.3, -0.25) is 0 Å². The molecule has 0 saturated carbocycles. The minimum absolute atomic E-state index is 0.624. The van der Waals surface area contributed by atoms with Gasteiger partial charge >= 0.3 is 0 Å². The van der Waals surface area contributed by atoms with Crippen molar-refractivity contribution in [3.63, 3.8) is 0 Å². The van der Waals surface area contributed by atoms with Crippen LogP contribution in [0.2, 0.25) is 0 Å². The highest BCUT2D eigenvalue weighted by Crippen LogP contribution is 2.29. The van der Waals surface area contributed by atoms with Gasteiger partial charge in [0.05, 0.1) is 7.11 Å². The molecule has 0 aliphatic rings. The second kappa shape index (κ2) is 5.97. The molecule has 0 fully saturated rings. The lowest BCUT2D eigenvalue weighted by atomic mass is 9.97. The highest BCUT2D eigenvalue weighted by Gasteiger charge is 2.14. The summed E-state index contributed by atoms with van der Waals surface area (Å²) in [5, 5.41) is 10.6. The fraction of sp³-hybridized carbons (Fsp3) is 0.294. The Kier molecular flexibility index (Phi) is 4.30. The Bertz CT molecular complexity index is 593. The topological polar surface area (TPSA) is 32.7 Å². The van der Waals surface area contributed by atoms with Crippen LogP contribution in [0.15, 0.2) is 42.5 Å². The van der Waals surface area contributed by atoms with E-state index in [1.807, 2.05) is 68.4 Å². The summed E-state index contributed by atoms with van der Waals surface area (Å²) in [4.78, 5) is 2.02. The number of aliphatic hydroxyl groups is 1. The van der Waals surface area contributed by atoms with Crippen LogP contribution in [0.4, 0.5) is 5.69 Å². The Morgan fingerprint density at radius 1 is 1.10 bits per heavy atom. The number of benzene rings is 2. The summed E-state index contributed by atoms with van der Waals surface area (Å²) in [6.45, 7) is 1.98. The van der Waals surface area contributed by atoms with Crippen LogP contribution in [0.1, 0.15) is 22.8 Å². The first-order valence-electron chi connectivity index (χ1n) is 6.63. The number of nitrogens with zero attached hydrogens (tertiary/aromatic N) is 1. The first-order valence-corrected chi connectivity index (χ1v) is 6.63. The standard InChI is InChI=1S/C17H21NO2/c1-12-10-15(20-4)8-9-16(12)17(19)13-6-5-7-14(11-13)18(2)3/h5-11,17,19H,1-4H3. The zero-order chi connectivity index (χ0) is 14.7. The third-order valence-corrected chi connectivity index (χ3v) is 3.47. The second-order valence-electron chi connectivity index (χ2n) is 5.11. The molecule has 0 saturated heterocycles. The first-order chi connectivity index (χ1) is 9.52. The number of methoxy groups -OCH3 is 1. The number of hydrogen-bond donors (Lipinski definition) is 1. The molecule has 0 heterocycles. The molecule has 20 heavy (non-hydrogen) atoms. The van der Waals surface area contributed by atoms with Gasteiger partial charge in [-0.15, -0.1) is 0 Å². The quantitative estimate of drug-likeness (QED) is 0.927. The van der Waals surface area contributed by atoms with Gasteiger partial charge in [-0.2, -0.15) is 0 Å². The molecule has 2 rings (SSSR count). The van der Waals surface area contributed by atoms with Crippen molar-refractivity contribution in [1.29, 1.82) is 0 Å². The van der Waals surface area contributed by atoms with Crippen LogP contribution in [0.3, 0.4) is 0 Å². The molecular weight excluding hydrogens is 250 g/mol. The number of ether oxygens (including phenoxy) is 1. The highest BCUT2D eigenvalue weighted by molar-refractivity contribution is 5.49. The van der Waals surface area contributed by atoms with Gasteiger partial charge in [0, 0.05) is 19.8 Å². The third kappa shape index (κ3) is 2.94. The van der Waals surface area contributed by atoms with Crippen LogP contribution in [-0.2, 0) is 0 Å². The fourth-order valence-electron chi connectivity index (χ4n) is 2.23. The van der Waals surface area contributed by atoms with Crippen LogP contribution in [-0.4, -0.2) is 26.3 Å². The van der Waals surface area contributed by atoms with Gasteiger partial charge in [0.1, 0.15) is 11.9 Å². The number of hydrogen-bond acceptors (Lipinski definition) is 3. The predicted molar refractivity (Wildman–Crippen MR) is 82.6 cm³/mol. The van der Waals surface area contributed by atoms with E-state index < -0.39 is 6.10 Å². The van der Waals surface area contributed by atoms with E-state index in [0.717, 1.165) is 28.1 Å². The van der Waals surface area contributed by atoms with Gasteiger partial charge in [0.25, 0.3) is 0 Å². The van der Waals surface area contributed by atoms with Gasteiger partial charge in [-0.25, -0.2) is 0 Å². The van der Waals surface area contributed by atoms with Crippen molar-refractivity contribution in [2.24, 2.45) is 0 Å². The second-order valence-corrected chi connectivity index (χ2v) is 5.11. The molecular formula is C17H21NO2. The zero-order valence-electron chi connectivity index (χ0n) is 12.4. The average Bonchev–Trinajstić information content (AvgIpc) is 2.46. The van der Waals surface area contributed by atoms with Crippen molar-refractivity contribution in [3.8, 4) is 5.75 Å². The molecule has 1 N–H and O–H groups in total. The molecule has 0 aliphatic heterocycles. The highest BCUT2D eigenvalue weighted by atomic mass is 16.5. The van der Waals surface area contributed by atoms with Crippen LogP contribution < -0.4 is 9.64 Å². The molecule has 3 heteroatoms. The Balaban J connectivity index is 2.35. The van der Waals surface area contributed by atoms with E-state index in [4.69, 9.17) is 4.74 Å². The number of aliphatic hydroxyl groups excluding tert-OH is 1. The summed E-state index contributed by atoms with van der Waals surface area (Å²) in [5.41, 5.74) is 3.89. The van der Waals surface area contributed by atoms with Crippen LogP contribution in [0, 0.1) is 6.92 Å². The van der Waals surface area contributed by atoms with E-state index in [2.05, 4.69) is 0 Å². The SMILES string of the molecule is COc1ccc(C(O)c2cccc(N(C)C)c2)c(C)c1. The van der Waals surface area contributed by atoms with E-state index in [1.54, 1.807) is 7.11 Å². The molecule has 0 amide bonds. The Labute approximate surface area is 120 Å². The number of aryl methyl sites for hydroxylation is 1. The zero-order valence-corrected chi connectivity index (χ0v) is 12.4. The minimum atomic E-state index is -0.624. The lowest BCUT2D eigenvalue weighted by Gasteiger charge is -2.18. The molecule has 2 aromatic carbocycles. The van der Waals surface area contributed by atoms with Gasteiger partial charge in [0.2, 0.25) is 0 Å². The summed E-state index contributed by atoms with van der Waals surface area (Å²) in [7, 11) is 5.62. The molecule has 3 nitrogen and oxygen atoms in total. The number of anilines is 1. The Hall–Kier alpha value is -2.00. The summed E-state index contributed by atoms with van der Waals surface area (Å²) < 4.78 is 5.20. The van der Waals surface area contributed by atoms with Crippen molar-refractivity contribution in [2.75, 3.05) is 26.1 Å². The van der Waals surface area contributed by atoms with Crippen molar-refractivity contribution >= 4 is 5.69 Å². The van der Waals surface area contributed by atoms with Crippen molar-refractivity contribution in [1.82, 2.24) is 0 Å². The molecule has 1 unspecified atom stereocenters. The van der Waals surface area contributed by atoms with Crippen molar-refractivity contribution in [3.05, 3.63) is 59.2 Å². The minimum Gasteiger partial charge on any atom is -0.497 e. The van der Waals surface area contributed by atoms with Crippen LogP contribution >= 0.6 is 0 Å². The molecule has 2 aromatic rings. The molecule has 0 aliphatic carbocycles. The van der Waals surface area contributed by atoms with E-state index in [9.17, 15) is 5.11 Å². The third-order valence-electron chi connectivity index (χ3n) is 3.47. The maximum atomic E-state index is 10.6. The molecule has 0 spiro atoms. The molecule has 1 atom stereocenters. The summed E-state index contributed by atoms with van der Waals surface area (Å²) in [6.07, 6.45) is -0.624. The van der Waals surface area contributed by atoms with Crippen LogP contribution in [0.25, 0.3) is 0 Å². The van der Waals surface area contributed by atoms with Gasteiger partial charge < -0.3 is 14.7 Å². The van der Waals surface area contributed by atoms with Gasteiger partial charge in [-0.1, -0.05) is 18.2 Å². The van der Waals surface area contributed by atoms with Crippen LogP contribution in [0.5, 0.6) is 5.75 Å². The maximum Gasteiger partial charge on any atom is 0.119 e. The lowest BCUT2D eigenvalue weighted by Crippen LogP contribution is -2.10. The maximum absolute atomic E-state index is 10.6. The number of rotatable bonds is 4. The molecule has 0 bridgehead atoms. The molecule has 0 radical (unpaired) electrons. The largest absolute Gasteiger partial charge is 0.497 e. The lowest BCUT2D eigenvalue weighted by molar-refractivity contribution is 0.219. The predicted octanol–water partition coefficient (Wildman–Crippen LogP) is 3.15. The molecule has 0 aromatic heterocycles. The van der Waals surface area contributed by atoms with Gasteiger partial charge in [-0.05, 0) is 47.9 Å². The summed E-state index contributed by atoms with van der Waals surface area (Å²) in [5.74, 6) is 0.806. The Morgan fingerprint density at radius 3 is 2.45 bits per heavy atom. The average molecular weight is 271 g/mol. The Morgan fingerprint density at radius 2 is 1.85 bits per heavy atom. The van der Waals surface area contributed by atoms with Crippen molar-refractivity contribution in [2.45, 2.75) is 13.0 Å². The van der Waals surface area contributed by atoms with E-state index in [-0.39, 0.29) is 0 Å². The summed E-state index contributed by atoms with van der Waals surface area (Å²) >= 11 is 0. The van der Waals surface area contributed by atoms with E-state index >= 15 is 0 Å². The van der Waals surface area contributed by atoms with E-state index in [1.165, 1.54) is 0 Å². The summed E-state index contributed by atoms with van der Waals surface area (Å²) in [6, 6.07) is 13.7. The first kappa shape index (κ1) is 14.4. The monoisotopic (exact) mass is 271 g/mol. The van der Waals surface area contributed by atoms with E-state index in [0.29, 0.717) is 0 Å². The van der Waals surface area contributed by atoms with Crippen molar-refractivity contribution < 1.29 is 9.84 Å². The normalized spacial score (nSPS) is 12.1. The molecule has 106 valence electrons. The van der Waals surface area contributed by atoms with Gasteiger partial charge in [0.15, 0.2) is 0 Å². The fourth-order valence-corrected chi connectivity index (χ4v) is 2.23. The smallest absolute Gasteiger partial charge is 0.119 e.